The van der Waals surface area contributed by atoms with E-state index >= 15 is 0 Å². The maximum atomic E-state index is 13.5. The molecule has 3 saturated heterocycles. The Labute approximate surface area is 619 Å². The molecule has 0 bridgehead atoms. The minimum absolute atomic E-state index is 0.249. The Morgan fingerprint density at radius 1 is 0.343 bits per heavy atom. The highest BCUT2D eigenvalue weighted by Gasteiger charge is 2.54. The third kappa shape index (κ3) is 43.5. The topological polar surface area (TPSA) is 307 Å². The monoisotopic (exact) mass is 1460 g/mol. The molecule has 602 valence electrons. The lowest BCUT2D eigenvalue weighted by molar-refractivity contribution is -0.379. The van der Waals surface area contributed by atoms with Gasteiger partial charge in [0, 0.05) is 6.42 Å². The molecule has 0 saturated carbocycles. The quantitative estimate of drug-likeness (QED) is 0.0199. The van der Waals surface area contributed by atoms with Crippen LogP contribution >= 0.6 is 0 Å². The van der Waals surface area contributed by atoms with Crippen molar-refractivity contribution in [1.29, 1.82) is 0 Å². The molecule has 0 aliphatic carbocycles. The van der Waals surface area contributed by atoms with E-state index in [1.54, 1.807) is 6.08 Å². The Balaban J connectivity index is 1.34. The Morgan fingerprint density at radius 3 is 0.951 bits per heavy atom. The van der Waals surface area contributed by atoms with Gasteiger partial charge in [0.2, 0.25) is 5.91 Å². The van der Waals surface area contributed by atoms with Crippen LogP contribution in [0.2, 0.25) is 0 Å². The maximum Gasteiger partial charge on any atom is 0.220 e. The molecule has 3 aliphatic rings. The number of carbonyl (C=O) groups excluding carboxylic acids is 1. The summed E-state index contributed by atoms with van der Waals surface area (Å²) >= 11 is 0. The number of ether oxygens (including phenoxy) is 6. The number of rotatable bonds is 69. The summed E-state index contributed by atoms with van der Waals surface area (Å²) in [6, 6.07) is -0.972. The second-order valence-electron chi connectivity index (χ2n) is 30.6. The van der Waals surface area contributed by atoms with Gasteiger partial charge in [-0.2, -0.15) is 0 Å². The molecule has 1 amide bonds. The van der Waals surface area contributed by atoms with Crippen molar-refractivity contribution in [3.63, 3.8) is 0 Å². The normalized spacial score (nSPS) is 26.2. The zero-order chi connectivity index (χ0) is 73.9. The van der Waals surface area contributed by atoms with Crippen molar-refractivity contribution >= 4 is 5.91 Å². The van der Waals surface area contributed by atoms with Gasteiger partial charge in [0.1, 0.15) is 73.2 Å². The zero-order valence-corrected chi connectivity index (χ0v) is 64.6. The van der Waals surface area contributed by atoms with E-state index in [9.17, 15) is 61.0 Å². The van der Waals surface area contributed by atoms with Crippen molar-refractivity contribution in [3.8, 4) is 0 Å². The molecular weight excluding hydrogens is 1300 g/mol. The number of hydrogen-bond donors (Lipinski definition) is 12. The lowest BCUT2D eigenvalue weighted by Gasteiger charge is -2.48. The summed E-state index contributed by atoms with van der Waals surface area (Å²) in [5, 5.41) is 121. The Kier molecular flexibility index (Phi) is 59.4. The van der Waals surface area contributed by atoms with Crippen LogP contribution in [0.15, 0.2) is 24.3 Å². The lowest BCUT2D eigenvalue weighted by Crippen LogP contribution is -2.66. The van der Waals surface area contributed by atoms with Gasteiger partial charge in [0.25, 0.3) is 0 Å². The molecule has 0 aromatic carbocycles. The fraction of sp³-hybridized carbons (Fsp3) is 0.940. The summed E-state index contributed by atoms with van der Waals surface area (Å²) in [5.41, 5.74) is 0. The second-order valence-corrected chi connectivity index (χ2v) is 30.6. The third-order valence-corrected chi connectivity index (χ3v) is 21.5. The van der Waals surface area contributed by atoms with Crippen molar-refractivity contribution in [1.82, 2.24) is 5.32 Å². The van der Waals surface area contributed by atoms with E-state index in [-0.39, 0.29) is 18.9 Å². The van der Waals surface area contributed by atoms with Crippen LogP contribution < -0.4 is 5.32 Å². The van der Waals surface area contributed by atoms with Gasteiger partial charge in [0.05, 0.1) is 38.6 Å². The molecule has 3 rings (SSSR count). The van der Waals surface area contributed by atoms with Crippen molar-refractivity contribution in [2.75, 3.05) is 26.4 Å². The molecule has 12 N–H and O–H groups in total. The molecular formula is C83H157NO18. The number of aliphatic hydroxyl groups is 11. The molecule has 0 aromatic rings. The number of aliphatic hydroxyl groups excluding tert-OH is 11. The SMILES string of the molecule is CCCCCCCCCC/C=C\CCCCCCCCCCCCCCCCCCCCCCCC(=O)NC(COC1OC(CO)C(OC2OC(CO)C(OC3OC(CO)C(O)C(O)C3O)C(O)C2O)C(O)C1O)C(O)/C=C/CCCCCCCCCCCCCCCCCCCCCCCC. The molecule has 17 unspecified atom stereocenters. The molecule has 19 heteroatoms. The number of nitrogens with one attached hydrogen (secondary N) is 1. The minimum atomic E-state index is -1.98. The largest absolute Gasteiger partial charge is 0.394 e. The van der Waals surface area contributed by atoms with E-state index < -0.39 is 124 Å². The smallest absolute Gasteiger partial charge is 0.220 e. The average Bonchev–Trinajstić information content (AvgIpc) is 0.781. The Bertz CT molecular complexity index is 1940. The van der Waals surface area contributed by atoms with Crippen LogP contribution in [0.4, 0.5) is 0 Å². The first-order valence-corrected chi connectivity index (χ1v) is 42.6. The fourth-order valence-electron chi connectivity index (χ4n) is 14.7. The molecule has 17 atom stereocenters. The van der Waals surface area contributed by atoms with Gasteiger partial charge < -0.3 is 89.9 Å². The fourth-order valence-corrected chi connectivity index (χ4v) is 14.7. The molecule has 0 spiro atoms. The highest BCUT2D eigenvalue weighted by atomic mass is 16.8. The van der Waals surface area contributed by atoms with Crippen LogP contribution in [-0.2, 0) is 33.2 Å². The predicted octanol–water partition coefficient (Wildman–Crippen LogP) is 14.9. The number of unbranched alkanes of at least 4 members (excludes halogenated alkanes) is 51. The summed E-state index contributed by atoms with van der Waals surface area (Å²) in [4.78, 5) is 13.5. The van der Waals surface area contributed by atoms with Crippen LogP contribution in [0.5, 0.6) is 0 Å². The number of allylic oxidation sites excluding steroid dienone is 3. The van der Waals surface area contributed by atoms with Crippen molar-refractivity contribution in [2.24, 2.45) is 0 Å². The van der Waals surface area contributed by atoms with Gasteiger partial charge in [-0.1, -0.05) is 340 Å². The first kappa shape index (κ1) is 94.5. The summed E-state index contributed by atoms with van der Waals surface area (Å²) < 4.78 is 34.5. The van der Waals surface area contributed by atoms with Crippen molar-refractivity contribution in [2.45, 2.75) is 471 Å². The van der Waals surface area contributed by atoms with Gasteiger partial charge in [-0.05, 0) is 44.9 Å². The van der Waals surface area contributed by atoms with Gasteiger partial charge in [-0.3, -0.25) is 4.79 Å². The van der Waals surface area contributed by atoms with E-state index in [1.807, 2.05) is 6.08 Å². The van der Waals surface area contributed by atoms with Crippen LogP contribution in [0.25, 0.3) is 0 Å². The number of amides is 1. The Morgan fingerprint density at radius 2 is 0.618 bits per heavy atom. The van der Waals surface area contributed by atoms with Gasteiger partial charge in [0.15, 0.2) is 18.9 Å². The summed E-state index contributed by atoms with van der Waals surface area (Å²) in [5.74, 6) is -0.267. The Hall–Kier alpha value is -1.73. The van der Waals surface area contributed by atoms with E-state index in [4.69, 9.17) is 28.4 Å². The van der Waals surface area contributed by atoms with Crippen molar-refractivity contribution < 1.29 is 89.4 Å². The summed E-state index contributed by atoms with van der Waals surface area (Å²) in [7, 11) is 0. The lowest BCUT2D eigenvalue weighted by atomic mass is 9.96. The number of hydrogen-bond acceptors (Lipinski definition) is 18. The molecule has 102 heavy (non-hydrogen) atoms. The zero-order valence-electron chi connectivity index (χ0n) is 64.6. The van der Waals surface area contributed by atoms with Crippen molar-refractivity contribution in [3.05, 3.63) is 24.3 Å². The first-order valence-electron chi connectivity index (χ1n) is 42.6. The van der Waals surface area contributed by atoms with E-state index in [0.29, 0.717) is 6.42 Å². The first-order chi connectivity index (χ1) is 49.8. The van der Waals surface area contributed by atoms with Gasteiger partial charge >= 0.3 is 0 Å². The summed E-state index contributed by atoms with van der Waals surface area (Å²) in [6.45, 7) is 1.80. The van der Waals surface area contributed by atoms with Crippen LogP contribution in [0.1, 0.15) is 367 Å². The highest BCUT2D eigenvalue weighted by molar-refractivity contribution is 5.76. The average molecular weight is 1460 g/mol. The molecule has 0 aromatic heterocycles. The summed E-state index contributed by atoms with van der Waals surface area (Å²) in [6.07, 6.45) is 51.8. The second kappa shape index (κ2) is 64.1. The minimum Gasteiger partial charge on any atom is -0.394 e. The maximum absolute atomic E-state index is 13.5. The molecule has 3 aliphatic heterocycles. The molecule has 3 fully saturated rings. The highest BCUT2D eigenvalue weighted by Crippen LogP contribution is 2.33. The van der Waals surface area contributed by atoms with E-state index in [1.165, 1.54) is 295 Å². The molecule has 19 nitrogen and oxygen atoms in total. The van der Waals surface area contributed by atoms with Crippen LogP contribution in [0.3, 0.4) is 0 Å². The standard InChI is InChI=1S/C83H157NO18/c1-3-5-7-9-11-13-15-17-19-21-23-25-27-29-30-31-32-33-34-35-36-37-39-41-43-45-47-49-51-53-55-57-59-61-71(89)84-66(67(88)60-58-56-54-52-50-48-46-44-42-40-38-28-26-24-22-20-18-16-14-12-10-8-6-4-2)65-97-81-77(95)74(92)79(69(63-86)99-81)102-83-78(96)75(93)80(70(64-87)100-83)101-82-76(94)73(91)72(90)68(62-85)98-82/h21,23,58,60,66-70,72-83,85-88,90-96H,3-20,22,24-57,59,61-65H2,1-2H3,(H,84,89)/b23-21-,60-58+. The predicted molar refractivity (Wildman–Crippen MR) is 406 cm³/mol. The van der Waals surface area contributed by atoms with Crippen LogP contribution in [0, 0.1) is 0 Å². The molecule has 3 heterocycles. The van der Waals surface area contributed by atoms with Gasteiger partial charge in [-0.15, -0.1) is 0 Å². The van der Waals surface area contributed by atoms with E-state index in [2.05, 4.69) is 31.3 Å². The molecule has 0 radical (unpaired) electrons. The van der Waals surface area contributed by atoms with Gasteiger partial charge in [-0.25, -0.2) is 0 Å². The third-order valence-electron chi connectivity index (χ3n) is 21.5. The van der Waals surface area contributed by atoms with Crippen LogP contribution in [-0.4, -0.2) is 193 Å². The number of carbonyl (C=O) groups is 1. The van der Waals surface area contributed by atoms with E-state index in [0.717, 1.165) is 44.9 Å².